The lowest BCUT2D eigenvalue weighted by Crippen LogP contribution is -2.46. The van der Waals surface area contributed by atoms with Crippen molar-refractivity contribution in [3.8, 4) is 0 Å². The second-order valence-electron chi connectivity index (χ2n) is 6.65. The van der Waals surface area contributed by atoms with Gasteiger partial charge in [0.2, 0.25) is 0 Å². The Hall–Kier alpha value is -2.11. The Morgan fingerprint density at radius 2 is 2.22 bits per heavy atom. The first kappa shape index (κ1) is 17.2. The van der Waals surface area contributed by atoms with E-state index >= 15 is 0 Å². The summed E-state index contributed by atoms with van der Waals surface area (Å²) >= 11 is 0. The van der Waals surface area contributed by atoms with Crippen molar-refractivity contribution in [1.82, 2.24) is 5.32 Å². The predicted molar refractivity (Wildman–Crippen MR) is 82.4 cm³/mol. The van der Waals surface area contributed by atoms with Crippen LogP contribution < -0.4 is 5.32 Å². The fourth-order valence-electron chi connectivity index (χ4n) is 2.48. The molecule has 5 nitrogen and oxygen atoms in total. The number of rotatable bonds is 4. The summed E-state index contributed by atoms with van der Waals surface area (Å²) in [7, 11) is 0. The molecule has 1 fully saturated rings. The molecule has 126 valence electrons. The molecule has 0 spiro atoms. The predicted octanol–water partition coefficient (Wildman–Crippen LogP) is 2.97. The van der Waals surface area contributed by atoms with Crippen molar-refractivity contribution in [3.05, 3.63) is 35.6 Å². The summed E-state index contributed by atoms with van der Waals surface area (Å²) in [5, 5.41) is 2.74. The summed E-state index contributed by atoms with van der Waals surface area (Å²) in [5.41, 5.74) is 0.0915. The van der Waals surface area contributed by atoms with Crippen LogP contribution >= 0.6 is 0 Å². The third-order valence-corrected chi connectivity index (χ3v) is 3.41. The highest BCUT2D eigenvalue weighted by Gasteiger charge is 2.33. The highest BCUT2D eigenvalue weighted by atomic mass is 19.1. The van der Waals surface area contributed by atoms with Crippen molar-refractivity contribution in [2.24, 2.45) is 0 Å². The maximum absolute atomic E-state index is 13.3. The van der Waals surface area contributed by atoms with Crippen LogP contribution in [-0.2, 0) is 20.7 Å². The molecule has 1 saturated heterocycles. The fourth-order valence-corrected chi connectivity index (χ4v) is 2.48. The molecule has 2 unspecified atom stereocenters. The van der Waals surface area contributed by atoms with Crippen LogP contribution in [0.5, 0.6) is 0 Å². The minimum absolute atomic E-state index is 0.287. The molecule has 0 radical (unpaired) electrons. The molecular formula is C17H22FNO4. The van der Waals surface area contributed by atoms with Crippen molar-refractivity contribution < 1.29 is 23.5 Å². The van der Waals surface area contributed by atoms with Gasteiger partial charge in [-0.05, 0) is 51.3 Å². The lowest BCUT2D eigenvalue weighted by Gasteiger charge is -2.26. The van der Waals surface area contributed by atoms with E-state index in [2.05, 4.69) is 5.32 Å². The fraction of sp³-hybridized carbons (Fsp3) is 0.529. The molecule has 1 aromatic carbocycles. The van der Waals surface area contributed by atoms with Gasteiger partial charge in [0.05, 0.1) is 6.04 Å². The van der Waals surface area contributed by atoms with Crippen LogP contribution in [0.4, 0.5) is 9.18 Å². The van der Waals surface area contributed by atoms with Gasteiger partial charge in [0.25, 0.3) is 0 Å². The average molecular weight is 323 g/mol. The molecule has 1 amide bonds. The topological polar surface area (TPSA) is 64.6 Å². The highest BCUT2D eigenvalue weighted by molar-refractivity contribution is 5.72. The molecule has 0 aliphatic carbocycles. The molecule has 1 heterocycles. The minimum Gasteiger partial charge on any atom is -0.460 e. The number of carbonyl (C=O) groups excluding carboxylic acids is 2. The Balaban J connectivity index is 2.08. The summed E-state index contributed by atoms with van der Waals surface area (Å²) in [6.07, 6.45) is 0.185. The number of halogens is 1. The summed E-state index contributed by atoms with van der Waals surface area (Å²) in [4.78, 5) is 23.4. The van der Waals surface area contributed by atoms with E-state index in [0.29, 0.717) is 24.8 Å². The van der Waals surface area contributed by atoms with E-state index < -0.39 is 23.8 Å². The van der Waals surface area contributed by atoms with Crippen LogP contribution in [0.3, 0.4) is 0 Å². The van der Waals surface area contributed by atoms with Gasteiger partial charge >= 0.3 is 12.1 Å². The number of alkyl carbamates (subject to hydrolysis) is 1. The van der Waals surface area contributed by atoms with Crippen LogP contribution in [0.25, 0.3) is 0 Å². The second kappa shape index (κ2) is 6.98. The Morgan fingerprint density at radius 1 is 1.48 bits per heavy atom. The van der Waals surface area contributed by atoms with Crippen LogP contribution in [0.1, 0.15) is 39.2 Å². The summed E-state index contributed by atoms with van der Waals surface area (Å²) in [5.74, 6) is -0.632. The SMILES string of the molecule is CC(C)(C)OC(=O)NC(Cc1cccc(F)c1)C1CCC(=O)O1. The molecule has 1 aromatic rings. The van der Waals surface area contributed by atoms with Gasteiger partial charge in [-0.3, -0.25) is 4.79 Å². The lowest BCUT2D eigenvalue weighted by molar-refractivity contribution is -0.142. The van der Waals surface area contributed by atoms with Crippen molar-refractivity contribution in [2.75, 3.05) is 0 Å². The molecule has 2 rings (SSSR count). The molecule has 1 N–H and O–H groups in total. The number of nitrogens with one attached hydrogen (secondary N) is 1. The van der Waals surface area contributed by atoms with Crippen LogP contribution in [-0.4, -0.2) is 29.8 Å². The molecule has 0 saturated carbocycles. The smallest absolute Gasteiger partial charge is 0.408 e. The van der Waals surface area contributed by atoms with Crippen LogP contribution in [0.2, 0.25) is 0 Å². The number of benzene rings is 1. The Bertz CT molecular complexity index is 582. The van der Waals surface area contributed by atoms with Gasteiger partial charge in [-0.15, -0.1) is 0 Å². The van der Waals surface area contributed by atoms with Gasteiger partial charge in [-0.25, -0.2) is 9.18 Å². The normalized spacial score (nSPS) is 19.1. The molecule has 1 aliphatic rings. The highest BCUT2D eigenvalue weighted by Crippen LogP contribution is 2.21. The van der Waals surface area contributed by atoms with Gasteiger partial charge < -0.3 is 14.8 Å². The van der Waals surface area contributed by atoms with E-state index in [0.717, 1.165) is 0 Å². The van der Waals surface area contributed by atoms with E-state index in [1.807, 2.05) is 0 Å². The summed E-state index contributed by atoms with van der Waals surface area (Å²) < 4.78 is 23.8. The van der Waals surface area contributed by atoms with Gasteiger partial charge in [0, 0.05) is 6.42 Å². The number of ether oxygens (including phenoxy) is 2. The molecular weight excluding hydrogens is 301 g/mol. The molecule has 0 aromatic heterocycles. The van der Waals surface area contributed by atoms with Crippen molar-refractivity contribution in [2.45, 2.75) is 57.8 Å². The van der Waals surface area contributed by atoms with Crippen molar-refractivity contribution >= 4 is 12.1 Å². The standard InChI is InChI=1S/C17H22FNO4/c1-17(2,3)23-16(21)19-13(14-7-8-15(20)22-14)10-11-5-4-6-12(18)9-11/h4-6,9,13-14H,7-8,10H2,1-3H3,(H,19,21). The largest absolute Gasteiger partial charge is 0.460 e. The van der Waals surface area contributed by atoms with Crippen molar-refractivity contribution in [3.63, 3.8) is 0 Å². The molecule has 6 heteroatoms. The maximum atomic E-state index is 13.3. The van der Waals surface area contributed by atoms with Crippen molar-refractivity contribution in [1.29, 1.82) is 0 Å². The zero-order valence-electron chi connectivity index (χ0n) is 13.6. The van der Waals surface area contributed by atoms with Crippen LogP contribution in [0, 0.1) is 5.82 Å². The summed E-state index contributed by atoms with van der Waals surface area (Å²) in [6.45, 7) is 5.30. The van der Waals surface area contributed by atoms with E-state index in [1.54, 1.807) is 32.9 Å². The Kier molecular flexibility index (Phi) is 5.23. The first-order chi connectivity index (χ1) is 10.7. The van der Waals surface area contributed by atoms with E-state index in [-0.39, 0.29) is 11.8 Å². The maximum Gasteiger partial charge on any atom is 0.408 e. The van der Waals surface area contributed by atoms with E-state index in [4.69, 9.17) is 9.47 Å². The molecule has 23 heavy (non-hydrogen) atoms. The van der Waals surface area contributed by atoms with E-state index in [1.165, 1.54) is 12.1 Å². The second-order valence-corrected chi connectivity index (χ2v) is 6.65. The molecule has 2 atom stereocenters. The van der Waals surface area contributed by atoms with Crippen LogP contribution in [0.15, 0.2) is 24.3 Å². The Labute approximate surface area is 135 Å². The zero-order chi connectivity index (χ0) is 17.0. The summed E-state index contributed by atoms with van der Waals surface area (Å²) in [6, 6.07) is 5.67. The van der Waals surface area contributed by atoms with Gasteiger partial charge in [0.1, 0.15) is 17.5 Å². The van der Waals surface area contributed by atoms with E-state index in [9.17, 15) is 14.0 Å². The monoisotopic (exact) mass is 323 g/mol. The number of cyclic esters (lactones) is 1. The van der Waals surface area contributed by atoms with Gasteiger partial charge in [-0.2, -0.15) is 0 Å². The number of carbonyl (C=O) groups is 2. The average Bonchev–Trinajstić information content (AvgIpc) is 2.82. The van der Waals surface area contributed by atoms with Gasteiger partial charge in [0.15, 0.2) is 0 Å². The molecule has 0 bridgehead atoms. The third kappa shape index (κ3) is 5.54. The number of hydrogen-bond acceptors (Lipinski definition) is 4. The van der Waals surface area contributed by atoms with Gasteiger partial charge in [-0.1, -0.05) is 12.1 Å². The number of amides is 1. The zero-order valence-corrected chi connectivity index (χ0v) is 13.6. The lowest BCUT2D eigenvalue weighted by atomic mass is 9.99. The molecule has 1 aliphatic heterocycles. The first-order valence-electron chi connectivity index (χ1n) is 7.66. The first-order valence-corrected chi connectivity index (χ1v) is 7.66. The minimum atomic E-state index is -0.625. The Morgan fingerprint density at radius 3 is 2.78 bits per heavy atom. The quantitative estimate of drug-likeness (QED) is 0.865. The number of hydrogen-bond donors (Lipinski definition) is 1. The number of esters is 1. The third-order valence-electron chi connectivity index (χ3n) is 3.41.